The zero-order valence-corrected chi connectivity index (χ0v) is 12.3. The third-order valence-corrected chi connectivity index (χ3v) is 5.15. The Kier molecular flexibility index (Phi) is 5.32. The van der Waals surface area contributed by atoms with E-state index in [1.54, 1.807) is 6.92 Å². The SMILES string of the molecule is Cc1cc(F)cc(S(=O)(=O)N2CCCC2CN)c1.Cl. The van der Waals surface area contributed by atoms with Gasteiger partial charge in [0.15, 0.2) is 0 Å². The van der Waals surface area contributed by atoms with Crippen molar-refractivity contribution in [2.45, 2.75) is 30.7 Å². The second-order valence-electron chi connectivity index (χ2n) is 4.61. The van der Waals surface area contributed by atoms with Crippen LogP contribution in [-0.2, 0) is 10.0 Å². The normalized spacial score (nSPS) is 20.3. The molecule has 0 saturated carbocycles. The molecule has 108 valence electrons. The highest BCUT2D eigenvalue weighted by Gasteiger charge is 2.34. The minimum atomic E-state index is -3.63. The summed E-state index contributed by atoms with van der Waals surface area (Å²) >= 11 is 0. The van der Waals surface area contributed by atoms with Crippen LogP contribution < -0.4 is 5.73 Å². The number of nitrogens with zero attached hydrogens (tertiary/aromatic N) is 1. The second-order valence-corrected chi connectivity index (χ2v) is 6.50. The summed E-state index contributed by atoms with van der Waals surface area (Å²) in [4.78, 5) is 0.0142. The number of sulfonamides is 1. The first-order valence-electron chi connectivity index (χ1n) is 5.94. The predicted molar refractivity (Wildman–Crippen MR) is 74.4 cm³/mol. The molecule has 0 radical (unpaired) electrons. The van der Waals surface area contributed by atoms with Crippen LogP contribution >= 0.6 is 12.4 Å². The van der Waals surface area contributed by atoms with Crippen LogP contribution in [0.15, 0.2) is 23.1 Å². The van der Waals surface area contributed by atoms with Gasteiger partial charge >= 0.3 is 0 Å². The molecule has 1 unspecified atom stereocenters. The summed E-state index contributed by atoms with van der Waals surface area (Å²) in [5.74, 6) is -0.530. The molecule has 0 bridgehead atoms. The van der Waals surface area contributed by atoms with Gasteiger partial charge in [0, 0.05) is 19.1 Å². The average Bonchev–Trinajstić information content (AvgIpc) is 2.76. The molecule has 1 aliphatic heterocycles. The fourth-order valence-electron chi connectivity index (χ4n) is 2.35. The number of hydrogen-bond donors (Lipinski definition) is 1. The van der Waals surface area contributed by atoms with Crippen molar-refractivity contribution in [1.29, 1.82) is 0 Å². The van der Waals surface area contributed by atoms with Gasteiger partial charge in [0.1, 0.15) is 5.82 Å². The van der Waals surface area contributed by atoms with Crippen molar-refractivity contribution >= 4 is 22.4 Å². The van der Waals surface area contributed by atoms with Gasteiger partial charge in [-0.1, -0.05) is 0 Å². The van der Waals surface area contributed by atoms with E-state index in [1.165, 1.54) is 16.4 Å². The smallest absolute Gasteiger partial charge is 0.243 e. The van der Waals surface area contributed by atoms with Crippen LogP contribution in [0.4, 0.5) is 4.39 Å². The molecule has 1 heterocycles. The molecular formula is C12H18ClFN2O2S. The van der Waals surface area contributed by atoms with E-state index in [0.717, 1.165) is 18.9 Å². The number of nitrogens with two attached hydrogens (primary N) is 1. The fraction of sp³-hybridized carbons (Fsp3) is 0.500. The number of rotatable bonds is 3. The molecule has 1 atom stereocenters. The van der Waals surface area contributed by atoms with Crippen molar-refractivity contribution in [3.63, 3.8) is 0 Å². The Bertz CT molecular complexity index is 530. The van der Waals surface area contributed by atoms with E-state index in [4.69, 9.17) is 5.73 Å². The maximum atomic E-state index is 13.3. The molecule has 1 aromatic carbocycles. The molecule has 1 saturated heterocycles. The monoisotopic (exact) mass is 308 g/mol. The van der Waals surface area contributed by atoms with Gasteiger partial charge < -0.3 is 5.73 Å². The van der Waals surface area contributed by atoms with Gasteiger partial charge in [-0.15, -0.1) is 12.4 Å². The van der Waals surface area contributed by atoms with Crippen LogP contribution in [0.1, 0.15) is 18.4 Å². The highest BCUT2D eigenvalue weighted by atomic mass is 35.5. The second kappa shape index (κ2) is 6.17. The first-order valence-corrected chi connectivity index (χ1v) is 7.38. The summed E-state index contributed by atoms with van der Waals surface area (Å²) in [5, 5.41) is 0. The topological polar surface area (TPSA) is 63.4 Å². The lowest BCUT2D eigenvalue weighted by molar-refractivity contribution is 0.392. The summed E-state index contributed by atoms with van der Waals surface area (Å²) in [7, 11) is -3.63. The lowest BCUT2D eigenvalue weighted by Gasteiger charge is -2.23. The first-order chi connectivity index (χ1) is 8.45. The number of aryl methyl sites for hydroxylation is 1. The maximum Gasteiger partial charge on any atom is 0.243 e. The molecule has 0 aliphatic carbocycles. The van der Waals surface area contributed by atoms with E-state index in [0.29, 0.717) is 18.7 Å². The van der Waals surface area contributed by atoms with E-state index in [1.807, 2.05) is 0 Å². The Morgan fingerprint density at radius 3 is 2.68 bits per heavy atom. The van der Waals surface area contributed by atoms with Crippen molar-refractivity contribution in [2.24, 2.45) is 5.73 Å². The van der Waals surface area contributed by atoms with Gasteiger partial charge in [-0.05, 0) is 43.5 Å². The highest BCUT2D eigenvalue weighted by Crippen LogP contribution is 2.26. The van der Waals surface area contributed by atoms with Gasteiger partial charge in [0.2, 0.25) is 10.0 Å². The first kappa shape index (κ1) is 16.4. The van der Waals surface area contributed by atoms with Crippen LogP contribution in [0.2, 0.25) is 0 Å². The van der Waals surface area contributed by atoms with Crippen LogP contribution in [0, 0.1) is 12.7 Å². The molecule has 1 fully saturated rings. The molecule has 4 nitrogen and oxygen atoms in total. The molecule has 0 spiro atoms. The van der Waals surface area contributed by atoms with Crippen molar-refractivity contribution in [1.82, 2.24) is 4.31 Å². The van der Waals surface area contributed by atoms with Crippen molar-refractivity contribution in [3.8, 4) is 0 Å². The van der Waals surface area contributed by atoms with E-state index >= 15 is 0 Å². The van der Waals surface area contributed by atoms with E-state index in [-0.39, 0.29) is 23.3 Å². The Balaban J connectivity index is 0.00000180. The summed E-state index contributed by atoms with van der Waals surface area (Å²) < 4.78 is 39.5. The number of benzene rings is 1. The predicted octanol–water partition coefficient (Wildman–Crippen LogP) is 1.67. The van der Waals surface area contributed by atoms with Crippen LogP contribution in [0.25, 0.3) is 0 Å². The van der Waals surface area contributed by atoms with Gasteiger partial charge in [0.25, 0.3) is 0 Å². The molecule has 0 aromatic heterocycles. The van der Waals surface area contributed by atoms with E-state index in [2.05, 4.69) is 0 Å². The molecule has 1 aromatic rings. The lowest BCUT2D eigenvalue weighted by Crippen LogP contribution is -2.39. The van der Waals surface area contributed by atoms with Gasteiger partial charge in [-0.3, -0.25) is 0 Å². The van der Waals surface area contributed by atoms with Gasteiger partial charge in [-0.2, -0.15) is 4.31 Å². The minimum Gasteiger partial charge on any atom is -0.329 e. The Morgan fingerprint density at radius 1 is 1.42 bits per heavy atom. The standard InChI is InChI=1S/C12H17FN2O2S.ClH/c1-9-5-10(13)7-12(6-9)18(16,17)15-4-2-3-11(15)8-14;/h5-7,11H,2-4,8,14H2,1H3;1H. The molecule has 1 aliphatic rings. The molecule has 19 heavy (non-hydrogen) atoms. The third kappa shape index (κ3) is 3.25. The largest absolute Gasteiger partial charge is 0.329 e. The van der Waals surface area contributed by atoms with Crippen molar-refractivity contribution in [3.05, 3.63) is 29.6 Å². The molecule has 7 heteroatoms. The molecule has 2 N–H and O–H groups in total. The van der Waals surface area contributed by atoms with E-state index < -0.39 is 15.8 Å². The maximum absolute atomic E-state index is 13.3. The minimum absolute atomic E-state index is 0. The Morgan fingerprint density at radius 2 is 2.11 bits per heavy atom. The average molecular weight is 309 g/mol. The lowest BCUT2D eigenvalue weighted by atomic mass is 10.2. The molecular weight excluding hydrogens is 291 g/mol. The van der Waals surface area contributed by atoms with Crippen LogP contribution in [0.3, 0.4) is 0 Å². The third-order valence-electron chi connectivity index (χ3n) is 3.22. The number of hydrogen-bond acceptors (Lipinski definition) is 3. The zero-order chi connectivity index (χ0) is 13.3. The Labute approximate surface area is 119 Å². The fourth-order valence-corrected chi connectivity index (χ4v) is 4.17. The summed E-state index contributed by atoms with van der Waals surface area (Å²) in [6, 6.07) is 3.70. The molecule has 2 rings (SSSR count). The summed E-state index contributed by atoms with van der Waals surface area (Å²) in [6.45, 7) is 2.43. The quantitative estimate of drug-likeness (QED) is 0.924. The van der Waals surface area contributed by atoms with Crippen LogP contribution in [0.5, 0.6) is 0 Å². The number of halogens is 2. The van der Waals surface area contributed by atoms with Gasteiger partial charge in [0.05, 0.1) is 4.90 Å². The Hall–Kier alpha value is -0.690. The molecule has 0 amide bonds. The van der Waals surface area contributed by atoms with Crippen molar-refractivity contribution < 1.29 is 12.8 Å². The van der Waals surface area contributed by atoms with Crippen LogP contribution in [-0.4, -0.2) is 31.9 Å². The van der Waals surface area contributed by atoms with Gasteiger partial charge in [-0.25, -0.2) is 12.8 Å². The summed E-state index contributed by atoms with van der Waals surface area (Å²) in [5.41, 5.74) is 6.17. The van der Waals surface area contributed by atoms with Crippen molar-refractivity contribution in [2.75, 3.05) is 13.1 Å². The van der Waals surface area contributed by atoms with E-state index in [9.17, 15) is 12.8 Å². The highest BCUT2D eigenvalue weighted by molar-refractivity contribution is 7.89. The summed E-state index contributed by atoms with van der Waals surface area (Å²) in [6.07, 6.45) is 1.57. The zero-order valence-electron chi connectivity index (χ0n) is 10.7.